The van der Waals surface area contributed by atoms with Gasteiger partial charge in [-0.2, -0.15) is 0 Å². The number of hydrogen-bond donors (Lipinski definition) is 1. The van der Waals surface area contributed by atoms with Crippen LogP contribution in [0.5, 0.6) is 0 Å². The topological polar surface area (TPSA) is 26.0 Å². The van der Waals surface area contributed by atoms with Crippen molar-refractivity contribution >= 4 is 11.3 Å². The summed E-state index contributed by atoms with van der Waals surface area (Å²) in [6.45, 7) is 2.16. The average molecular weight is 193 g/mol. The molecule has 0 saturated carbocycles. The molecular weight excluding hydrogens is 178 g/mol. The van der Waals surface area contributed by atoms with Crippen molar-refractivity contribution in [2.45, 2.75) is 32.2 Å². The Morgan fingerprint density at radius 1 is 1.62 bits per heavy atom. The first-order valence-electron chi connectivity index (χ1n) is 4.55. The van der Waals surface area contributed by atoms with E-state index in [9.17, 15) is 0 Å². The fourth-order valence-electron chi connectivity index (χ4n) is 1.16. The van der Waals surface area contributed by atoms with Gasteiger partial charge in [-0.15, -0.1) is 23.7 Å². The molecular formula is C11H15NS. The number of thiophene rings is 1. The van der Waals surface area contributed by atoms with Gasteiger partial charge in [-0.05, 0) is 25.0 Å². The van der Waals surface area contributed by atoms with E-state index in [1.165, 1.54) is 9.75 Å². The largest absolute Gasteiger partial charge is 0.323 e. The Bertz CT molecular complexity index is 295. The van der Waals surface area contributed by atoms with Gasteiger partial charge in [0.05, 0.1) is 0 Å². The van der Waals surface area contributed by atoms with E-state index in [0.717, 1.165) is 19.3 Å². The summed E-state index contributed by atoms with van der Waals surface area (Å²) in [6.07, 6.45) is 7.93. The molecule has 0 aliphatic rings. The minimum atomic E-state index is 0.126. The lowest BCUT2D eigenvalue weighted by Crippen LogP contribution is -2.07. The monoisotopic (exact) mass is 193 g/mol. The molecule has 1 rings (SSSR count). The van der Waals surface area contributed by atoms with Gasteiger partial charge in [0.15, 0.2) is 0 Å². The van der Waals surface area contributed by atoms with Gasteiger partial charge in [0, 0.05) is 22.2 Å². The highest BCUT2D eigenvalue weighted by atomic mass is 32.1. The van der Waals surface area contributed by atoms with Crippen molar-refractivity contribution in [3.05, 3.63) is 21.9 Å². The maximum atomic E-state index is 5.96. The number of rotatable bonds is 4. The smallest absolute Gasteiger partial charge is 0.0398 e. The van der Waals surface area contributed by atoms with Gasteiger partial charge >= 0.3 is 0 Å². The fraction of sp³-hybridized carbons (Fsp3) is 0.455. The van der Waals surface area contributed by atoms with Gasteiger partial charge < -0.3 is 5.73 Å². The second-order valence-corrected chi connectivity index (χ2v) is 4.21. The van der Waals surface area contributed by atoms with Gasteiger partial charge in [-0.25, -0.2) is 0 Å². The van der Waals surface area contributed by atoms with Gasteiger partial charge in [0.25, 0.3) is 0 Å². The van der Waals surface area contributed by atoms with Gasteiger partial charge in [0.1, 0.15) is 0 Å². The summed E-state index contributed by atoms with van der Waals surface area (Å²) in [6, 6.07) is 4.39. The number of nitrogens with two attached hydrogens (primary N) is 1. The van der Waals surface area contributed by atoms with Crippen LogP contribution in [0.25, 0.3) is 0 Å². The Morgan fingerprint density at radius 3 is 2.92 bits per heavy atom. The van der Waals surface area contributed by atoms with Crippen LogP contribution in [0.15, 0.2) is 12.1 Å². The highest BCUT2D eigenvalue weighted by molar-refractivity contribution is 7.12. The number of aryl methyl sites for hydroxylation is 1. The van der Waals surface area contributed by atoms with Crippen LogP contribution in [0.4, 0.5) is 0 Å². The first kappa shape index (κ1) is 10.3. The van der Waals surface area contributed by atoms with Crippen LogP contribution in [-0.2, 0) is 6.42 Å². The Labute approximate surface area is 84.0 Å². The van der Waals surface area contributed by atoms with Crippen LogP contribution in [0.3, 0.4) is 0 Å². The summed E-state index contributed by atoms with van der Waals surface area (Å²) in [7, 11) is 0. The molecule has 1 nitrogen and oxygen atoms in total. The van der Waals surface area contributed by atoms with Crippen LogP contribution in [0.2, 0.25) is 0 Å². The fourth-order valence-corrected chi connectivity index (χ4v) is 2.15. The molecule has 0 fully saturated rings. The molecule has 13 heavy (non-hydrogen) atoms. The van der Waals surface area contributed by atoms with E-state index < -0.39 is 0 Å². The van der Waals surface area contributed by atoms with Crippen molar-refractivity contribution < 1.29 is 0 Å². The maximum Gasteiger partial charge on any atom is 0.0398 e. The zero-order chi connectivity index (χ0) is 9.68. The first-order chi connectivity index (χ1) is 6.27. The quantitative estimate of drug-likeness (QED) is 0.731. The van der Waals surface area contributed by atoms with Gasteiger partial charge in [-0.1, -0.05) is 6.92 Å². The van der Waals surface area contributed by atoms with Crippen LogP contribution in [-0.4, -0.2) is 0 Å². The summed E-state index contributed by atoms with van der Waals surface area (Å²) in [4.78, 5) is 2.65. The molecule has 0 amide bonds. The Morgan fingerprint density at radius 2 is 2.38 bits per heavy atom. The lowest BCUT2D eigenvalue weighted by atomic mass is 10.1. The zero-order valence-electron chi connectivity index (χ0n) is 7.92. The summed E-state index contributed by atoms with van der Waals surface area (Å²) >= 11 is 1.80. The molecule has 0 aliphatic heterocycles. The SMILES string of the molecule is C#CCCC(N)c1ccc(CC)s1. The van der Waals surface area contributed by atoms with Gasteiger partial charge in [0.2, 0.25) is 0 Å². The zero-order valence-corrected chi connectivity index (χ0v) is 8.73. The minimum Gasteiger partial charge on any atom is -0.323 e. The first-order valence-corrected chi connectivity index (χ1v) is 5.37. The van der Waals surface area contributed by atoms with Crippen LogP contribution in [0.1, 0.15) is 35.6 Å². The third-order valence-electron chi connectivity index (χ3n) is 2.00. The molecule has 0 aromatic carbocycles. The molecule has 70 valence electrons. The molecule has 0 bridgehead atoms. The molecule has 1 atom stereocenters. The van der Waals surface area contributed by atoms with E-state index in [-0.39, 0.29) is 6.04 Å². The molecule has 1 unspecified atom stereocenters. The van der Waals surface area contributed by atoms with Crippen molar-refractivity contribution in [3.63, 3.8) is 0 Å². The predicted octanol–water partition coefficient (Wildman–Crippen LogP) is 2.72. The van der Waals surface area contributed by atoms with Crippen LogP contribution < -0.4 is 5.73 Å². The normalized spacial score (nSPS) is 12.4. The van der Waals surface area contributed by atoms with Gasteiger partial charge in [-0.3, -0.25) is 0 Å². The van der Waals surface area contributed by atoms with E-state index in [4.69, 9.17) is 12.2 Å². The third-order valence-corrected chi connectivity index (χ3v) is 3.36. The molecule has 1 aromatic heterocycles. The molecule has 0 saturated heterocycles. The van der Waals surface area contributed by atoms with E-state index in [1.807, 2.05) is 0 Å². The second kappa shape index (κ2) is 5.06. The number of hydrogen-bond acceptors (Lipinski definition) is 2. The lowest BCUT2D eigenvalue weighted by Gasteiger charge is -2.05. The highest BCUT2D eigenvalue weighted by Gasteiger charge is 2.07. The third kappa shape index (κ3) is 2.87. The number of terminal acetylenes is 1. The van der Waals surface area contributed by atoms with Crippen molar-refractivity contribution in [3.8, 4) is 12.3 Å². The van der Waals surface area contributed by atoms with E-state index in [0.29, 0.717) is 0 Å². The summed E-state index contributed by atoms with van der Waals surface area (Å²) < 4.78 is 0. The predicted molar refractivity (Wildman–Crippen MR) is 58.7 cm³/mol. The van der Waals surface area contributed by atoms with Crippen molar-refractivity contribution in [2.75, 3.05) is 0 Å². The molecule has 0 radical (unpaired) electrons. The van der Waals surface area contributed by atoms with Crippen LogP contribution >= 0.6 is 11.3 Å². The second-order valence-electron chi connectivity index (χ2n) is 3.01. The Kier molecular flexibility index (Phi) is 4.01. The Hall–Kier alpha value is -0.780. The molecule has 0 spiro atoms. The molecule has 1 heterocycles. The molecule has 2 heteroatoms. The maximum absolute atomic E-state index is 5.96. The Balaban J connectivity index is 2.56. The highest BCUT2D eigenvalue weighted by Crippen LogP contribution is 2.24. The van der Waals surface area contributed by atoms with E-state index in [2.05, 4.69) is 25.0 Å². The van der Waals surface area contributed by atoms with Crippen molar-refractivity contribution in [2.24, 2.45) is 5.73 Å². The summed E-state index contributed by atoms with van der Waals surface area (Å²) in [5.74, 6) is 2.61. The average Bonchev–Trinajstić information content (AvgIpc) is 2.62. The molecule has 2 N–H and O–H groups in total. The minimum absolute atomic E-state index is 0.126. The lowest BCUT2D eigenvalue weighted by molar-refractivity contribution is 0.679. The summed E-state index contributed by atoms with van der Waals surface area (Å²) in [5.41, 5.74) is 5.96. The van der Waals surface area contributed by atoms with Crippen molar-refractivity contribution in [1.29, 1.82) is 0 Å². The molecule has 1 aromatic rings. The standard InChI is InChI=1S/C11H15NS/c1-3-5-6-10(12)11-8-7-9(4-2)13-11/h1,7-8,10H,4-6,12H2,2H3. The molecule has 0 aliphatic carbocycles. The van der Waals surface area contributed by atoms with Crippen LogP contribution in [0, 0.1) is 12.3 Å². The van der Waals surface area contributed by atoms with E-state index in [1.54, 1.807) is 11.3 Å². The van der Waals surface area contributed by atoms with Crippen molar-refractivity contribution in [1.82, 2.24) is 0 Å². The van der Waals surface area contributed by atoms with E-state index >= 15 is 0 Å². The summed E-state index contributed by atoms with van der Waals surface area (Å²) in [5, 5.41) is 0.